The number of amides is 1. The van der Waals surface area contributed by atoms with E-state index in [0.29, 0.717) is 0 Å². The fourth-order valence-electron chi connectivity index (χ4n) is 6.01. The highest BCUT2D eigenvalue weighted by Gasteiger charge is 2.68. The molecule has 4 nitrogen and oxygen atoms in total. The molecule has 7 heteroatoms. The first-order chi connectivity index (χ1) is 15.5. The molecule has 0 saturated carbocycles. The Labute approximate surface area is 205 Å². The van der Waals surface area contributed by atoms with Crippen LogP contribution < -0.4 is 5.32 Å². The minimum atomic E-state index is -0.967. The molecule has 2 aromatic rings. The van der Waals surface area contributed by atoms with Crippen LogP contribution in [-0.4, -0.2) is 41.7 Å². The highest BCUT2D eigenvalue weighted by molar-refractivity contribution is 9.10. The number of thioether (sulfide) groups is 2. The maximum absolute atomic E-state index is 14.1. The molecule has 2 aromatic carbocycles. The van der Waals surface area contributed by atoms with Crippen molar-refractivity contribution < 1.29 is 9.59 Å². The summed E-state index contributed by atoms with van der Waals surface area (Å²) in [5.74, 6) is -0.548. The average molecular weight is 530 g/mol. The van der Waals surface area contributed by atoms with Gasteiger partial charge in [-0.3, -0.25) is 14.5 Å². The first kappa shape index (κ1) is 22.3. The zero-order valence-corrected chi connectivity index (χ0v) is 21.2. The van der Waals surface area contributed by atoms with Crippen molar-refractivity contribution in [3.05, 3.63) is 74.4 Å². The molecule has 166 valence electrons. The number of halogens is 1. The van der Waals surface area contributed by atoms with Crippen molar-refractivity contribution in [2.45, 2.75) is 30.3 Å². The monoisotopic (exact) mass is 528 g/mol. The number of benzene rings is 2. The van der Waals surface area contributed by atoms with E-state index in [2.05, 4.69) is 38.3 Å². The Balaban J connectivity index is 1.75. The van der Waals surface area contributed by atoms with Crippen LogP contribution in [0, 0.1) is 5.92 Å². The van der Waals surface area contributed by atoms with E-state index in [1.165, 1.54) is 0 Å². The predicted octanol–water partition coefficient (Wildman–Crippen LogP) is 5.61. The first-order valence-electron chi connectivity index (χ1n) is 10.8. The zero-order valence-electron chi connectivity index (χ0n) is 18.0. The highest BCUT2D eigenvalue weighted by atomic mass is 79.9. The van der Waals surface area contributed by atoms with Gasteiger partial charge in [0.25, 0.3) is 0 Å². The molecule has 1 amide bonds. The Morgan fingerprint density at radius 3 is 2.59 bits per heavy atom. The lowest BCUT2D eigenvalue weighted by Crippen LogP contribution is -2.52. The molecular formula is C25H25BrN2O2S2. The Morgan fingerprint density at radius 1 is 1.16 bits per heavy atom. The molecule has 0 aliphatic carbocycles. The quantitative estimate of drug-likeness (QED) is 0.511. The van der Waals surface area contributed by atoms with E-state index in [0.717, 1.165) is 44.9 Å². The van der Waals surface area contributed by atoms with Gasteiger partial charge in [-0.2, -0.15) is 0 Å². The Bertz CT molecular complexity index is 1100. The number of para-hydroxylation sites is 1. The Morgan fingerprint density at radius 2 is 1.88 bits per heavy atom. The van der Waals surface area contributed by atoms with Crippen molar-refractivity contribution >= 4 is 56.8 Å². The van der Waals surface area contributed by atoms with Crippen LogP contribution in [0.1, 0.15) is 29.9 Å². The molecule has 3 aliphatic rings. The summed E-state index contributed by atoms with van der Waals surface area (Å²) in [6.45, 7) is 0.824. The Hall–Kier alpha value is -1.54. The number of allylic oxidation sites excluding steroid dienone is 1. The van der Waals surface area contributed by atoms with Gasteiger partial charge in [0.1, 0.15) is 5.54 Å². The smallest absolute Gasteiger partial charge is 0.250 e. The van der Waals surface area contributed by atoms with Crippen molar-refractivity contribution in [3.8, 4) is 0 Å². The SMILES string of the molecule is CSC(=CC(=O)[C@H]1[C@H](c2ccc(Br)cc2)[C@H]2CCCN2[C@]12C(=O)Nc1ccccc12)SC. The molecule has 32 heavy (non-hydrogen) atoms. The maximum Gasteiger partial charge on any atom is 0.250 e. The number of hydrogen-bond donors (Lipinski definition) is 1. The molecule has 5 rings (SSSR count). The molecular weight excluding hydrogens is 504 g/mol. The minimum absolute atomic E-state index is 0.0397. The van der Waals surface area contributed by atoms with Crippen LogP contribution in [0.25, 0.3) is 0 Å². The molecule has 2 fully saturated rings. The molecule has 3 heterocycles. The summed E-state index contributed by atoms with van der Waals surface area (Å²) >= 11 is 6.70. The van der Waals surface area contributed by atoms with Crippen molar-refractivity contribution in [3.63, 3.8) is 0 Å². The van der Waals surface area contributed by atoms with Gasteiger partial charge in [-0.25, -0.2) is 0 Å². The van der Waals surface area contributed by atoms with E-state index in [1.54, 1.807) is 29.6 Å². The van der Waals surface area contributed by atoms with Gasteiger partial charge in [0.05, 0.1) is 5.92 Å². The van der Waals surface area contributed by atoms with Gasteiger partial charge in [-0.05, 0) is 55.7 Å². The highest BCUT2D eigenvalue weighted by Crippen LogP contribution is 2.60. The third kappa shape index (κ3) is 3.23. The normalized spacial score (nSPS) is 28.5. The number of carbonyl (C=O) groups excluding carboxylic acids is 2. The number of nitrogens with zero attached hydrogens (tertiary/aromatic N) is 1. The molecule has 0 aromatic heterocycles. The van der Waals surface area contributed by atoms with E-state index < -0.39 is 11.5 Å². The van der Waals surface area contributed by atoms with Gasteiger partial charge < -0.3 is 5.32 Å². The first-order valence-corrected chi connectivity index (χ1v) is 14.0. The maximum atomic E-state index is 14.1. The summed E-state index contributed by atoms with van der Waals surface area (Å²) in [6.07, 6.45) is 7.77. The molecule has 1 N–H and O–H groups in total. The summed E-state index contributed by atoms with van der Waals surface area (Å²) in [5.41, 5.74) is 1.93. The van der Waals surface area contributed by atoms with Gasteiger partial charge >= 0.3 is 0 Å². The van der Waals surface area contributed by atoms with E-state index in [4.69, 9.17) is 0 Å². The minimum Gasteiger partial charge on any atom is -0.324 e. The number of carbonyl (C=O) groups is 2. The summed E-state index contributed by atoms with van der Waals surface area (Å²) < 4.78 is 1.98. The van der Waals surface area contributed by atoms with E-state index in [1.807, 2.05) is 48.9 Å². The van der Waals surface area contributed by atoms with Crippen molar-refractivity contribution in [1.29, 1.82) is 0 Å². The van der Waals surface area contributed by atoms with Crippen molar-refractivity contribution in [2.24, 2.45) is 5.92 Å². The van der Waals surface area contributed by atoms with Crippen LogP contribution in [0.2, 0.25) is 0 Å². The summed E-state index contributed by atoms with van der Waals surface area (Å²) in [4.78, 5) is 30.2. The zero-order chi connectivity index (χ0) is 22.5. The van der Waals surface area contributed by atoms with Crippen LogP contribution >= 0.6 is 39.5 Å². The van der Waals surface area contributed by atoms with Gasteiger partial charge in [0, 0.05) is 38.0 Å². The van der Waals surface area contributed by atoms with E-state index in [-0.39, 0.29) is 23.7 Å². The summed E-state index contributed by atoms with van der Waals surface area (Å²) in [5, 5.41) is 3.12. The van der Waals surface area contributed by atoms with E-state index in [9.17, 15) is 9.59 Å². The predicted molar refractivity (Wildman–Crippen MR) is 137 cm³/mol. The number of ketones is 1. The average Bonchev–Trinajstić information content (AvgIpc) is 3.46. The fourth-order valence-corrected chi connectivity index (χ4v) is 7.41. The lowest BCUT2D eigenvalue weighted by molar-refractivity contribution is -0.134. The molecule has 4 atom stereocenters. The van der Waals surface area contributed by atoms with Gasteiger partial charge in [0.2, 0.25) is 5.91 Å². The summed E-state index contributed by atoms with van der Waals surface area (Å²) in [7, 11) is 0. The Kier molecular flexibility index (Phi) is 6.03. The van der Waals surface area contributed by atoms with Gasteiger partial charge in [-0.15, -0.1) is 23.5 Å². The van der Waals surface area contributed by atoms with Gasteiger partial charge in [0.15, 0.2) is 5.78 Å². The van der Waals surface area contributed by atoms with Gasteiger partial charge in [-0.1, -0.05) is 46.3 Å². The standard InChI is InChI=1S/C25H25BrN2O2S2/c1-31-21(32-2)14-20(29)23-22(15-9-11-16(26)12-10-15)19-8-5-13-28(19)25(23)17-6-3-4-7-18(17)27-24(25)30/h3-4,6-7,9-12,14,19,22-23H,5,8,13H2,1-2H3,(H,27,30)/t19-,22-,23+,25+/m1/s1. The number of anilines is 1. The third-order valence-corrected chi connectivity index (χ3v) is 9.70. The molecule has 3 aliphatic heterocycles. The van der Waals surface area contributed by atoms with Crippen molar-refractivity contribution in [2.75, 3.05) is 24.4 Å². The molecule has 1 spiro atoms. The molecule has 0 unspecified atom stereocenters. The number of nitrogens with one attached hydrogen (secondary N) is 1. The van der Waals surface area contributed by atoms with Crippen LogP contribution in [0.5, 0.6) is 0 Å². The van der Waals surface area contributed by atoms with Crippen LogP contribution in [0.3, 0.4) is 0 Å². The van der Waals surface area contributed by atoms with E-state index >= 15 is 0 Å². The van der Waals surface area contributed by atoms with Crippen LogP contribution in [-0.2, 0) is 15.1 Å². The molecule has 0 radical (unpaired) electrons. The number of rotatable bonds is 5. The lowest BCUT2D eigenvalue weighted by Gasteiger charge is -2.36. The molecule has 2 saturated heterocycles. The fraction of sp³-hybridized carbons (Fsp3) is 0.360. The van der Waals surface area contributed by atoms with Crippen molar-refractivity contribution in [1.82, 2.24) is 4.90 Å². The summed E-state index contributed by atoms with van der Waals surface area (Å²) in [6, 6.07) is 16.3. The largest absolute Gasteiger partial charge is 0.324 e. The lowest BCUT2D eigenvalue weighted by atomic mass is 9.70. The second-order valence-corrected chi connectivity index (χ2v) is 11.4. The second-order valence-electron chi connectivity index (χ2n) is 8.50. The van der Waals surface area contributed by atoms with Crippen LogP contribution in [0.4, 0.5) is 5.69 Å². The molecule has 0 bridgehead atoms. The third-order valence-electron chi connectivity index (χ3n) is 7.13. The number of fused-ring (bicyclic) bond motifs is 4. The topological polar surface area (TPSA) is 49.4 Å². The second kappa shape index (κ2) is 8.67. The number of hydrogen-bond acceptors (Lipinski definition) is 5. The van der Waals surface area contributed by atoms with Crippen LogP contribution in [0.15, 0.2) is 63.3 Å².